The molecule has 1 saturated heterocycles. The van der Waals surface area contributed by atoms with Gasteiger partial charge in [-0.05, 0) is 37.1 Å². The Morgan fingerprint density at radius 3 is 2.39 bits per heavy atom. The quantitative estimate of drug-likeness (QED) is 0.767. The molecule has 1 aliphatic rings. The van der Waals surface area contributed by atoms with Crippen molar-refractivity contribution >= 4 is 5.69 Å². The fourth-order valence-electron chi connectivity index (χ4n) is 2.15. The summed E-state index contributed by atoms with van der Waals surface area (Å²) >= 11 is 0. The lowest BCUT2D eigenvalue weighted by molar-refractivity contribution is -0.138. The molecular weight excluding hydrogens is 243 g/mol. The Morgan fingerprint density at radius 2 is 1.83 bits per heavy atom. The molecule has 5 heteroatoms. The van der Waals surface area contributed by atoms with E-state index in [1.165, 1.54) is 13.0 Å². The van der Waals surface area contributed by atoms with E-state index in [4.69, 9.17) is 4.74 Å². The van der Waals surface area contributed by atoms with Gasteiger partial charge in [0.2, 0.25) is 0 Å². The monoisotopic (exact) mass is 258 g/mol. The lowest BCUT2D eigenvalue weighted by Gasteiger charge is -2.31. The third-order valence-corrected chi connectivity index (χ3v) is 3.23. The smallest absolute Gasteiger partial charge is 0.378 e. The summed E-state index contributed by atoms with van der Waals surface area (Å²) in [5.74, 6) is 0. The summed E-state index contributed by atoms with van der Waals surface area (Å²) in [6, 6.07) is 2.64. The minimum Gasteiger partial charge on any atom is -0.378 e. The average Bonchev–Trinajstić information content (AvgIpc) is 2.32. The van der Waals surface area contributed by atoms with Gasteiger partial charge >= 0.3 is 6.18 Å². The van der Waals surface area contributed by atoms with Crippen LogP contribution >= 0.6 is 0 Å². The second-order valence-corrected chi connectivity index (χ2v) is 4.33. The molecule has 1 aromatic rings. The fraction of sp³-hybridized carbons (Fsp3) is 0.462. The molecule has 0 atom stereocenters. The van der Waals surface area contributed by atoms with Crippen molar-refractivity contribution in [1.29, 1.82) is 0 Å². The Hall–Kier alpha value is -1.23. The molecule has 0 aromatic heterocycles. The van der Waals surface area contributed by atoms with Gasteiger partial charge in [-0.1, -0.05) is 0 Å². The largest absolute Gasteiger partial charge is 0.416 e. The number of nitrogens with zero attached hydrogens (tertiary/aromatic N) is 1. The van der Waals surface area contributed by atoms with Gasteiger partial charge in [0.15, 0.2) is 0 Å². The Balaban J connectivity index is 2.37. The van der Waals surface area contributed by atoms with Crippen molar-refractivity contribution in [3.05, 3.63) is 35.7 Å². The molecular formula is C13H15F3NO. The minimum atomic E-state index is -4.32. The van der Waals surface area contributed by atoms with Crippen LogP contribution in [0.1, 0.15) is 16.7 Å². The molecule has 1 heterocycles. The highest BCUT2D eigenvalue weighted by Gasteiger charge is 2.33. The van der Waals surface area contributed by atoms with Crippen LogP contribution in [0.3, 0.4) is 0 Å². The number of rotatable bonds is 1. The number of halogens is 3. The number of hydrogen-bond acceptors (Lipinski definition) is 2. The van der Waals surface area contributed by atoms with E-state index in [1.807, 2.05) is 4.90 Å². The van der Waals surface area contributed by atoms with Crippen molar-refractivity contribution < 1.29 is 17.9 Å². The summed E-state index contributed by atoms with van der Waals surface area (Å²) in [6.45, 7) is 7.82. The summed E-state index contributed by atoms with van der Waals surface area (Å²) in [7, 11) is 0. The van der Waals surface area contributed by atoms with Crippen molar-refractivity contribution in [2.75, 3.05) is 31.2 Å². The standard InChI is InChI=1S/C13H15F3NO/c1-9-10(2)12(17-5-7-18-8-6-17)4-3-11(9)13(14,15)16/h3-4H,2,5-8H2,1H3. The number of morpholine rings is 1. The lowest BCUT2D eigenvalue weighted by Crippen LogP contribution is -2.36. The van der Waals surface area contributed by atoms with Crippen molar-refractivity contribution in [3.63, 3.8) is 0 Å². The van der Waals surface area contributed by atoms with E-state index in [0.29, 0.717) is 31.9 Å². The highest BCUT2D eigenvalue weighted by atomic mass is 19.4. The molecule has 18 heavy (non-hydrogen) atoms. The molecule has 2 nitrogen and oxygen atoms in total. The summed E-state index contributed by atoms with van der Waals surface area (Å²) in [6.07, 6.45) is -4.32. The van der Waals surface area contributed by atoms with Crippen LogP contribution in [0.2, 0.25) is 0 Å². The van der Waals surface area contributed by atoms with E-state index in [1.54, 1.807) is 0 Å². The molecule has 1 radical (unpaired) electrons. The zero-order valence-electron chi connectivity index (χ0n) is 10.2. The van der Waals surface area contributed by atoms with Gasteiger partial charge in [0.05, 0.1) is 18.8 Å². The van der Waals surface area contributed by atoms with Gasteiger partial charge in [0.1, 0.15) is 0 Å². The lowest BCUT2D eigenvalue weighted by atomic mass is 10.00. The molecule has 0 saturated carbocycles. The SMILES string of the molecule is [CH2]c1c(N2CCOCC2)ccc(C(F)(F)F)c1C. The summed E-state index contributed by atoms with van der Waals surface area (Å²) in [5.41, 5.74) is 0.812. The van der Waals surface area contributed by atoms with Crippen LogP contribution in [0.25, 0.3) is 0 Å². The molecule has 1 aromatic carbocycles. The van der Waals surface area contributed by atoms with E-state index in [9.17, 15) is 13.2 Å². The Labute approximate surface area is 104 Å². The Bertz CT molecular complexity index is 437. The van der Waals surface area contributed by atoms with Crippen molar-refractivity contribution in [1.82, 2.24) is 0 Å². The van der Waals surface area contributed by atoms with E-state index in [0.717, 1.165) is 11.8 Å². The number of benzene rings is 1. The highest BCUT2D eigenvalue weighted by Crippen LogP contribution is 2.36. The summed E-state index contributed by atoms with van der Waals surface area (Å²) in [5, 5.41) is 0. The van der Waals surface area contributed by atoms with Crippen LogP contribution in [-0.4, -0.2) is 26.3 Å². The van der Waals surface area contributed by atoms with Gasteiger partial charge in [-0.2, -0.15) is 13.2 Å². The van der Waals surface area contributed by atoms with Gasteiger partial charge in [-0.15, -0.1) is 0 Å². The van der Waals surface area contributed by atoms with Crippen LogP contribution in [0.4, 0.5) is 18.9 Å². The van der Waals surface area contributed by atoms with Crippen molar-refractivity contribution in [2.24, 2.45) is 0 Å². The Morgan fingerprint density at radius 1 is 1.22 bits per heavy atom. The fourth-order valence-corrected chi connectivity index (χ4v) is 2.15. The zero-order chi connectivity index (χ0) is 13.3. The minimum absolute atomic E-state index is 0.200. The summed E-state index contributed by atoms with van der Waals surface area (Å²) < 4.78 is 43.5. The van der Waals surface area contributed by atoms with Crippen molar-refractivity contribution in [3.8, 4) is 0 Å². The highest BCUT2D eigenvalue weighted by molar-refractivity contribution is 5.60. The third-order valence-electron chi connectivity index (χ3n) is 3.23. The van der Waals surface area contributed by atoms with E-state index >= 15 is 0 Å². The van der Waals surface area contributed by atoms with Crippen LogP contribution in [-0.2, 0) is 10.9 Å². The first-order valence-electron chi connectivity index (χ1n) is 5.76. The second-order valence-electron chi connectivity index (χ2n) is 4.33. The maximum absolute atomic E-state index is 12.7. The van der Waals surface area contributed by atoms with Crippen molar-refractivity contribution in [2.45, 2.75) is 13.1 Å². The predicted octanol–water partition coefficient (Wildman–Crippen LogP) is 3.03. The average molecular weight is 258 g/mol. The van der Waals surface area contributed by atoms with Crippen LogP contribution < -0.4 is 4.90 Å². The topological polar surface area (TPSA) is 12.5 Å². The second kappa shape index (κ2) is 4.80. The molecule has 0 spiro atoms. The molecule has 0 N–H and O–H groups in total. The molecule has 0 aliphatic carbocycles. The number of ether oxygens (including phenoxy) is 1. The molecule has 1 aliphatic heterocycles. The normalized spacial score (nSPS) is 17.1. The van der Waals surface area contributed by atoms with Gasteiger partial charge in [-0.3, -0.25) is 0 Å². The molecule has 0 amide bonds. The zero-order valence-corrected chi connectivity index (χ0v) is 10.2. The third kappa shape index (κ3) is 2.46. The van der Waals surface area contributed by atoms with Crippen LogP contribution in [0.5, 0.6) is 0 Å². The predicted molar refractivity (Wildman–Crippen MR) is 63.7 cm³/mol. The van der Waals surface area contributed by atoms with Gasteiger partial charge in [-0.25, -0.2) is 0 Å². The molecule has 0 unspecified atom stereocenters. The first-order valence-corrected chi connectivity index (χ1v) is 5.76. The first-order chi connectivity index (χ1) is 8.41. The van der Waals surface area contributed by atoms with E-state index in [2.05, 4.69) is 6.92 Å². The maximum Gasteiger partial charge on any atom is 0.416 e. The first kappa shape index (κ1) is 13.2. The van der Waals surface area contributed by atoms with Gasteiger partial charge in [0.25, 0.3) is 0 Å². The van der Waals surface area contributed by atoms with Gasteiger partial charge in [0, 0.05) is 18.8 Å². The Kier molecular flexibility index (Phi) is 3.52. The van der Waals surface area contributed by atoms with E-state index < -0.39 is 11.7 Å². The molecule has 1 fully saturated rings. The van der Waals surface area contributed by atoms with Crippen LogP contribution in [0, 0.1) is 13.8 Å². The van der Waals surface area contributed by atoms with E-state index in [-0.39, 0.29) is 5.56 Å². The number of hydrogen-bond donors (Lipinski definition) is 0. The maximum atomic E-state index is 12.7. The number of alkyl halides is 3. The number of anilines is 1. The molecule has 99 valence electrons. The summed E-state index contributed by atoms with van der Waals surface area (Å²) in [4.78, 5) is 2.01. The van der Waals surface area contributed by atoms with Gasteiger partial charge < -0.3 is 9.64 Å². The molecule has 2 rings (SSSR count). The van der Waals surface area contributed by atoms with Crippen LogP contribution in [0.15, 0.2) is 12.1 Å². The molecule has 0 bridgehead atoms.